The Morgan fingerprint density at radius 1 is 1.13 bits per heavy atom. The normalized spacial score (nSPS) is 16.5. The number of rotatable bonds is 3. The predicted octanol–water partition coefficient (Wildman–Crippen LogP) is 3.15. The highest BCUT2D eigenvalue weighted by Gasteiger charge is 2.19. The zero-order chi connectivity index (χ0) is 16.4. The summed E-state index contributed by atoms with van der Waals surface area (Å²) in [6, 6.07) is 8.47. The molecule has 1 aliphatic heterocycles. The molecule has 23 heavy (non-hydrogen) atoms. The Labute approximate surface area is 144 Å². The smallest absolute Gasteiger partial charge is 0.301 e. The molecule has 7 heteroatoms. The first kappa shape index (κ1) is 16.3. The molecule has 122 valence electrons. The van der Waals surface area contributed by atoms with Gasteiger partial charge in [-0.05, 0) is 37.4 Å². The van der Waals surface area contributed by atoms with Crippen molar-refractivity contribution in [3.05, 3.63) is 46.1 Å². The van der Waals surface area contributed by atoms with Gasteiger partial charge in [-0.15, -0.1) is 0 Å². The third-order valence-corrected chi connectivity index (χ3v) is 4.35. The van der Waals surface area contributed by atoms with Gasteiger partial charge in [0.25, 0.3) is 0 Å². The van der Waals surface area contributed by atoms with Crippen LogP contribution >= 0.6 is 23.2 Å². The third-order valence-electron chi connectivity index (χ3n) is 3.79. The molecule has 0 radical (unpaired) electrons. The van der Waals surface area contributed by atoms with E-state index in [1.165, 1.54) is 0 Å². The molecule has 1 amide bonds. The fourth-order valence-electron chi connectivity index (χ4n) is 2.41. The van der Waals surface area contributed by atoms with Gasteiger partial charge in [-0.1, -0.05) is 23.2 Å². The SMILES string of the molecule is CN1CCN(NC(=O)c2ccc(-c3cc(Cl)ccc3Cl)o2)CC1. The van der Waals surface area contributed by atoms with E-state index >= 15 is 0 Å². The summed E-state index contributed by atoms with van der Waals surface area (Å²) in [4.78, 5) is 14.5. The highest BCUT2D eigenvalue weighted by atomic mass is 35.5. The molecule has 2 heterocycles. The summed E-state index contributed by atoms with van der Waals surface area (Å²) in [6.07, 6.45) is 0. The molecule has 0 unspecified atom stereocenters. The fourth-order valence-corrected chi connectivity index (χ4v) is 2.79. The molecule has 1 fully saturated rings. The predicted molar refractivity (Wildman–Crippen MR) is 90.7 cm³/mol. The van der Waals surface area contributed by atoms with Gasteiger partial charge in [-0.25, -0.2) is 5.01 Å². The van der Waals surface area contributed by atoms with Crippen molar-refractivity contribution >= 4 is 29.1 Å². The lowest BCUT2D eigenvalue weighted by Gasteiger charge is -2.32. The highest BCUT2D eigenvalue weighted by molar-refractivity contribution is 6.35. The number of furan rings is 1. The van der Waals surface area contributed by atoms with Crippen LogP contribution in [0.4, 0.5) is 0 Å². The summed E-state index contributed by atoms with van der Waals surface area (Å²) in [5.41, 5.74) is 3.53. The Morgan fingerprint density at radius 3 is 2.61 bits per heavy atom. The number of amides is 1. The molecule has 1 aromatic carbocycles. The molecular weight excluding hydrogens is 337 g/mol. The number of likely N-dealkylation sites (N-methyl/N-ethyl adjacent to an activating group) is 1. The lowest BCUT2D eigenvalue weighted by atomic mass is 10.2. The minimum atomic E-state index is -0.265. The van der Waals surface area contributed by atoms with Crippen LogP contribution in [-0.2, 0) is 0 Å². The van der Waals surface area contributed by atoms with E-state index in [9.17, 15) is 4.79 Å². The van der Waals surface area contributed by atoms with E-state index in [4.69, 9.17) is 27.6 Å². The average Bonchev–Trinajstić information content (AvgIpc) is 3.02. The Balaban J connectivity index is 1.71. The highest BCUT2D eigenvalue weighted by Crippen LogP contribution is 2.31. The maximum absolute atomic E-state index is 12.3. The second-order valence-electron chi connectivity index (χ2n) is 5.52. The van der Waals surface area contributed by atoms with E-state index in [1.807, 2.05) is 5.01 Å². The fraction of sp³-hybridized carbons (Fsp3) is 0.312. The summed E-state index contributed by atoms with van der Waals surface area (Å²) >= 11 is 12.1. The van der Waals surface area contributed by atoms with Gasteiger partial charge >= 0.3 is 5.91 Å². The van der Waals surface area contributed by atoms with E-state index < -0.39 is 0 Å². The van der Waals surface area contributed by atoms with E-state index in [2.05, 4.69) is 17.4 Å². The van der Waals surface area contributed by atoms with Gasteiger partial charge in [0.05, 0.1) is 5.02 Å². The van der Waals surface area contributed by atoms with E-state index in [0.717, 1.165) is 26.2 Å². The average molecular weight is 354 g/mol. The molecule has 1 saturated heterocycles. The molecule has 0 spiro atoms. The molecule has 1 aliphatic rings. The lowest BCUT2D eigenvalue weighted by Crippen LogP contribution is -2.52. The Morgan fingerprint density at radius 2 is 1.87 bits per heavy atom. The zero-order valence-corrected chi connectivity index (χ0v) is 14.2. The van der Waals surface area contributed by atoms with Crippen LogP contribution in [0.15, 0.2) is 34.7 Å². The summed E-state index contributed by atoms with van der Waals surface area (Å²) in [5, 5.41) is 2.98. The molecule has 5 nitrogen and oxygen atoms in total. The number of nitrogens with zero attached hydrogens (tertiary/aromatic N) is 2. The van der Waals surface area contributed by atoms with Crippen LogP contribution < -0.4 is 5.43 Å². The Bertz CT molecular complexity index is 709. The number of benzene rings is 1. The number of carbonyl (C=O) groups is 1. The molecule has 0 bridgehead atoms. The first-order valence-electron chi connectivity index (χ1n) is 7.32. The number of hydrogen-bond acceptors (Lipinski definition) is 4. The van der Waals surface area contributed by atoms with Crippen molar-refractivity contribution in [2.45, 2.75) is 0 Å². The van der Waals surface area contributed by atoms with Gasteiger partial charge in [-0.3, -0.25) is 10.2 Å². The Hall–Kier alpha value is -1.53. The van der Waals surface area contributed by atoms with Crippen molar-refractivity contribution in [3.63, 3.8) is 0 Å². The number of carbonyl (C=O) groups excluding carboxylic acids is 1. The van der Waals surface area contributed by atoms with Crippen molar-refractivity contribution < 1.29 is 9.21 Å². The molecule has 3 rings (SSSR count). The van der Waals surface area contributed by atoms with Gasteiger partial charge in [-0.2, -0.15) is 0 Å². The monoisotopic (exact) mass is 353 g/mol. The van der Waals surface area contributed by atoms with Crippen molar-refractivity contribution in [2.24, 2.45) is 0 Å². The summed E-state index contributed by atoms with van der Waals surface area (Å²) in [5.74, 6) is 0.495. The molecular formula is C16H17Cl2N3O2. The van der Waals surface area contributed by atoms with Crippen molar-refractivity contribution in [1.82, 2.24) is 15.3 Å². The standard InChI is InChI=1S/C16H17Cl2N3O2/c1-20-6-8-21(9-7-20)19-16(22)15-5-4-14(23-15)12-10-11(17)2-3-13(12)18/h2-5,10H,6-9H2,1H3,(H,19,22). The maximum Gasteiger partial charge on any atom is 0.301 e. The summed E-state index contributed by atoms with van der Waals surface area (Å²) in [7, 11) is 2.06. The van der Waals surface area contributed by atoms with Crippen LogP contribution in [0.25, 0.3) is 11.3 Å². The van der Waals surface area contributed by atoms with Gasteiger partial charge in [0.15, 0.2) is 5.76 Å². The van der Waals surface area contributed by atoms with Gasteiger partial charge in [0.1, 0.15) is 5.76 Å². The summed E-state index contributed by atoms with van der Waals surface area (Å²) in [6.45, 7) is 3.41. The van der Waals surface area contributed by atoms with Crippen LogP contribution in [-0.4, -0.2) is 49.0 Å². The number of hydrogen-bond donors (Lipinski definition) is 1. The largest absolute Gasteiger partial charge is 0.451 e. The van der Waals surface area contributed by atoms with Crippen molar-refractivity contribution in [2.75, 3.05) is 33.2 Å². The van der Waals surface area contributed by atoms with Crippen LogP contribution in [0.2, 0.25) is 10.0 Å². The van der Waals surface area contributed by atoms with Gasteiger partial charge < -0.3 is 9.32 Å². The Kier molecular flexibility index (Phi) is 4.92. The van der Waals surface area contributed by atoms with Crippen LogP contribution in [0, 0.1) is 0 Å². The number of halogens is 2. The minimum absolute atomic E-state index is 0.245. The van der Waals surface area contributed by atoms with E-state index in [0.29, 0.717) is 21.4 Å². The van der Waals surface area contributed by atoms with Gasteiger partial charge in [0.2, 0.25) is 0 Å². The molecule has 0 saturated carbocycles. The lowest BCUT2D eigenvalue weighted by molar-refractivity contribution is 0.0637. The topological polar surface area (TPSA) is 48.7 Å². The maximum atomic E-state index is 12.3. The third kappa shape index (κ3) is 3.87. The van der Waals surface area contributed by atoms with Crippen molar-refractivity contribution in [3.8, 4) is 11.3 Å². The molecule has 0 atom stereocenters. The first-order valence-corrected chi connectivity index (χ1v) is 8.08. The zero-order valence-electron chi connectivity index (χ0n) is 12.7. The summed E-state index contributed by atoms with van der Waals surface area (Å²) < 4.78 is 5.64. The molecule has 1 N–H and O–H groups in total. The second-order valence-corrected chi connectivity index (χ2v) is 6.36. The van der Waals surface area contributed by atoms with Crippen LogP contribution in [0.1, 0.15) is 10.6 Å². The van der Waals surface area contributed by atoms with Crippen LogP contribution in [0.5, 0.6) is 0 Å². The first-order chi connectivity index (χ1) is 11.0. The number of piperazine rings is 1. The van der Waals surface area contributed by atoms with Crippen molar-refractivity contribution in [1.29, 1.82) is 0 Å². The molecule has 0 aliphatic carbocycles. The minimum Gasteiger partial charge on any atom is -0.451 e. The van der Waals surface area contributed by atoms with Crippen LogP contribution in [0.3, 0.4) is 0 Å². The molecule has 1 aromatic heterocycles. The quantitative estimate of drug-likeness (QED) is 0.920. The van der Waals surface area contributed by atoms with E-state index in [-0.39, 0.29) is 11.7 Å². The van der Waals surface area contributed by atoms with E-state index in [1.54, 1.807) is 30.3 Å². The second kappa shape index (κ2) is 6.93. The number of hydrazine groups is 1. The van der Waals surface area contributed by atoms with Gasteiger partial charge in [0, 0.05) is 36.8 Å². The molecule has 2 aromatic rings. The number of nitrogens with one attached hydrogen (secondary N) is 1.